The molecule has 3 amide bonds. The molecule has 0 unspecified atom stereocenters. The molecule has 39 heavy (non-hydrogen) atoms. The van der Waals surface area contributed by atoms with E-state index in [1.54, 1.807) is 43.3 Å². The molecule has 0 atom stereocenters. The van der Waals surface area contributed by atoms with Crippen molar-refractivity contribution in [3.8, 4) is 5.75 Å². The first-order valence-electron chi connectivity index (χ1n) is 11.3. The van der Waals surface area contributed by atoms with E-state index >= 15 is 0 Å². The average Bonchev–Trinajstić information content (AvgIpc) is 3.09. The molecule has 0 aliphatic carbocycles. The molecule has 0 aromatic heterocycles. The number of hydrogen-bond donors (Lipinski definition) is 2. The average molecular weight is 578 g/mol. The molecule has 12 heteroatoms. The molecule has 1 aliphatic heterocycles. The van der Waals surface area contributed by atoms with Gasteiger partial charge < -0.3 is 15.4 Å². The summed E-state index contributed by atoms with van der Waals surface area (Å²) in [6, 6.07) is 13.5. The summed E-state index contributed by atoms with van der Waals surface area (Å²) in [5, 5.41) is 5.56. The Morgan fingerprint density at radius 2 is 1.69 bits per heavy atom. The Morgan fingerprint density at radius 3 is 2.33 bits per heavy atom. The van der Waals surface area contributed by atoms with Gasteiger partial charge in [-0.25, -0.2) is 4.90 Å². The van der Waals surface area contributed by atoms with E-state index in [1.807, 2.05) is 0 Å². The van der Waals surface area contributed by atoms with E-state index in [9.17, 15) is 27.6 Å². The van der Waals surface area contributed by atoms with E-state index < -0.39 is 28.6 Å². The number of imide groups is 1. The van der Waals surface area contributed by atoms with Crippen molar-refractivity contribution in [3.63, 3.8) is 0 Å². The lowest BCUT2D eigenvalue weighted by atomic mass is 10.1. The molecule has 0 spiro atoms. The van der Waals surface area contributed by atoms with E-state index in [2.05, 4.69) is 10.6 Å². The van der Waals surface area contributed by atoms with Crippen LogP contribution in [0.3, 0.4) is 0 Å². The van der Waals surface area contributed by atoms with Gasteiger partial charge in [0, 0.05) is 16.8 Å². The monoisotopic (exact) mass is 577 g/mol. The largest absolute Gasteiger partial charge is 0.495 e. The first-order chi connectivity index (χ1) is 18.4. The highest BCUT2D eigenvalue weighted by atomic mass is 35.5. The van der Waals surface area contributed by atoms with Crippen molar-refractivity contribution in [1.29, 1.82) is 0 Å². The molecule has 0 saturated carbocycles. The lowest BCUT2D eigenvalue weighted by Crippen LogP contribution is -2.32. The molecule has 3 aromatic rings. The van der Waals surface area contributed by atoms with Gasteiger partial charge in [-0.3, -0.25) is 14.4 Å². The number of rotatable bonds is 7. The molecule has 202 valence electrons. The SMILES string of the molecule is COc1cc(Cl)c(C)cc1NC(=O)Cc1ccc(NC2=C(Cl)C(=O)N(c3cccc(C(F)(F)F)c3)C2=O)cc1. The highest BCUT2D eigenvalue weighted by Crippen LogP contribution is 2.35. The second kappa shape index (κ2) is 11.0. The van der Waals surface area contributed by atoms with Crippen LogP contribution in [-0.4, -0.2) is 24.8 Å². The van der Waals surface area contributed by atoms with Gasteiger partial charge in [0.1, 0.15) is 16.5 Å². The minimum Gasteiger partial charge on any atom is -0.495 e. The topological polar surface area (TPSA) is 87.7 Å². The van der Waals surface area contributed by atoms with Gasteiger partial charge >= 0.3 is 6.18 Å². The third-order valence-electron chi connectivity index (χ3n) is 5.80. The predicted molar refractivity (Wildman–Crippen MR) is 142 cm³/mol. The van der Waals surface area contributed by atoms with Gasteiger partial charge in [-0.2, -0.15) is 13.2 Å². The van der Waals surface area contributed by atoms with Crippen LogP contribution in [0.1, 0.15) is 16.7 Å². The van der Waals surface area contributed by atoms with Crippen molar-refractivity contribution in [1.82, 2.24) is 0 Å². The van der Waals surface area contributed by atoms with Crippen LogP contribution in [0.15, 0.2) is 71.4 Å². The van der Waals surface area contributed by atoms with Crippen molar-refractivity contribution in [2.45, 2.75) is 19.5 Å². The maximum absolute atomic E-state index is 13.1. The van der Waals surface area contributed by atoms with Crippen LogP contribution < -0.4 is 20.3 Å². The van der Waals surface area contributed by atoms with Crippen LogP contribution in [0.25, 0.3) is 0 Å². The van der Waals surface area contributed by atoms with E-state index in [4.69, 9.17) is 27.9 Å². The summed E-state index contributed by atoms with van der Waals surface area (Å²) in [7, 11) is 1.46. The maximum Gasteiger partial charge on any atom is 0.416 e. The van der Waals surface area contributed by atoms with Crippen LogP contribution in [-0.2, 0) is 27.0 Å². The van der Waals surface area contributed by atoms with Gasteiger partial charge in [-0.15, -0.1) is 0 Å². The molecule has 3 aromatic carbocycles. The number of nitrogens with one attached hydrogen (secondary N) is 2. The molecule has 0 radical (unpaired) electrons. The van der Waals surface area contributed by atoms with Gasteiger partial charge in [-0.05, 0) is 54.4 Å². The lowest BCUT2D eigenvalue weighted by molar-refractivity contribution is -0.137. The fraction of sp³-hybridized carbons (Fsp3) is 0.148. The standard InChI is InChI=1S/C27H20Cl2F3N3O4/c1-14-10-20(21(39-2)13-19(14)28)34-22(36)11-15-6-8-17(9-7-15)33-24-23(29)25(37)35(26(24)38)18-5-3-4-16(12-18)27(30,31)32/h3-10,12-13,33H,11H2,1-2H3,(H,34,36). The summed E-state index contributed by atoms with van der Waals surface area (Å²) in [5.41, 5.74) is 0.694. The number of methoxy groups -OCH3 is 1. The van der Waals surface area contributed by atoms with Crippen LogP contribution >= 0.6 is 23.2 Å². The minimum atomic E-state index is -4.65. The summed E-state index contributed by atoms with van der Waals surface area (Å²) in [6.45, 7) is 1.80. The Kier molecular flexibility index (Phi) is 7.89. The number of nitrogens with zero attached hydrogens (tertiary/aromatic N) is 1. The van der Waals surface area contributed by atoms with E-state index in [0.717, 1.165) is 17.7 Å². The van der Waals surface area contributed by atoms with Crippen LogP contribution in [0.4, 0.5) is 30.2 Å². The highest BCUT2D eigenvalue weighted by Gasteiger charge is 2.40. The number of carbonyl (C=O) groups is 3. The fourth-order valence-corrected chi connectivity index (χ4v) is 4.19. The van der Waals surface area contributed by atoms with Crippen molar-refractivity contribution in [2.24, 2.45) is 0 Å². The third kappa shape index (κ3) is 6.02. The summed E-state index contributed by atoms with van der Waals surface area (Å²) in [4.78, 5) is 38.7. The summed E-state index contributed by atoms with van der Waals surface area (Å²) in [6.07, 6.45) is -4.63. The Balaban J connectivity index is 1.44. The maximum atomic E-state index is 13.1. The zero-order valence-electron chi connectivity index (χ0n) is 20.5. The Hall–Kier alpha value is -4.02. The van der Waals surface area contributed by atoms with E-state index in [-0.39, 0.29) is 23.7 Å². The molecular formula is C27H20Cl2F3N3O4. The summed E-state index contributed by atoms with van der Waals surface area (Å²) in [5.74, 6) is -1.75. The third-order valence-corrected chi connectivity index (χ3v) is 6.56. The van der Waals surface area contributed by atoms with Crippen LogP contribution in [0.5, 0.6) is 5.75 Å². The highest BCUT2D eigenvalue weighted by molar-refractivity contribution is 6.53. The van der Waals surface area contributed by atoms with Crippen LogP contribution in [0.2, 0.25) is 5.02 Å². The summed E-state index contributed by atoms with van der Waals surface area (Å²) >= 11 is 12.2. The number of benzene rings is 3. The van der Waals surface area contributed by atoms with Gasteiger partial charge in [0.25, 0.3) is 11.8 Å². The first kappa shape index (κ1) is 28.0. The second-order valence-corrected chi connectivity index (χ2v) is 9.32. The number of carbonyl (C=O) groups excluding carboxylic acids is 3. The molecule has 0 saturated heterocycles. The minimum absolute atomic E-state index is 0.0231. The Labute approximate surface area is 231 Å². The molecule has 0 fully saturated rings. The molecule has 2 N–H and O–H groups in total. The van der Waals surface area contributed by atoms with Gasteiger partial charge in [-0.1, -0.05) is 41.4 Å². The molecule has 0 bridgehead atoms. The normalized spacial score (nSPS) is 13.7. The quantitative estimate of drug-likeness (QED) is 0.322. The lowest BCUT2D eigenvalue weighted by Gasteiger charge is -2.17. The smallest absolute Gasteiger partial charge is 0.416 e. The van der Waals surface area contributed by atoms with Crippen molar-refractivity contribution >= 4 is 58.0 Å². The predicted octanol–water partition coefficient (Wildman–Crippen LogP) is 6.29. The number of alkyl halides is 3. The second-order valence-electron chi connectivity index (χ2n) is 8.53. The first-order valence-corrected chi connectivity index (χ1v) is 12.1. The fourth-order valence-electron chi connectivity index (χ4n) is 3.83. The molecule has 7 nitrogen and oxygen atoms in total. The Morgan fingerprint density at radius 1 is 1.00 bits per heavy atom. The van der Waals surface area contributed by atoms with Crippen molar-refractivity contribution in [2.75, 3.05) is 22.6 Å². The molecular weight excluding hydrogens is 558 g/mol. The number of amides is 3. The van der Waals surface area contributed by atoms with Crippen molar-refractivity contribution < 1.29 is 32.3 Å². The van der Waals surface area contributed by atoms with Gasteiger partial charge in [0.2, 0.25) is 5.91 Å². The molecule has 1 heterocycles. The van der Waals surface area contributed by atoms with Gasteiger partial charge in [0.15, 0.2) is 0 Å². The number of halogens is 5. The zero-order chi connectivity index (χ0) is 28.5. The van der Waals surface area contributed by atoms with Gasteiger partial charge in [0.05, 0.1) is 30.5 Å². The zero-order valence-corrected chi connectivity index (χ0v) is 22.0. The van der Waals surface area contributed by atoms with Crippen molar-refractivity contribution in [3.05, 3.63) is 93.1 Å². The number of ether oxygens (including phenoxy) is 1. The molecule has 1 aliphatic rings. The molecule has 4 rings (SSSR count). The Bertz CT molecular complexity index is 1510. The van der Waals surface area contributed by atoms with Crippen LogP contribution in [0, 0.1) is 6.92 Å². The van der Waals surface area contributed by atoms with E-state index in [1.165, 1.54) is 13.2 Å². The van der Waals surface area contributed by atoms with E-state index in [0.29, 0.717) is 38.7 Å². The number of anilines is 3. The number of aryl methyl sites for hydroxylation is 1. The summed E-state index contributed by atoms with van der Waals surface area (Å²) < 4.78 is 44.6. The number of hydrogen-bond acceptors (Lipinski definition) is 5.